The van der Waals surface area contributed by atoms with Crippen LogP contribution >= 0.6 is 0 Å². The lowest BCUT2D eigenvalue weighted by Crippen LogP contribution is -2.42. The Balaban J connectivity index is 1.84. The SMILES string of the molecule is COCCNC(=O)CN1c2ccccc2NC2=C(C(=O)CC(C)(C)C2)[C@H]1c1ccccc1. The van der Waals surface area contributed by atoms with Crippen LogP contribution in [0.15, 0.2) is 65.9 Å². The normalized spacial score (nSPS) is 19.5. The van der Waals surface area contributed by atoms with Crippen LogP contribution < -0.4 is 15.5 Å². The number of para-hydroxylation sites is 2. The van der Waals surface area contributed by atoms with Crippen LogP contribution in [0, 0.1) is 5.41 Å². The summed E-state index contributed by atoms with van der Waals surface area (Å²) in [7, 11) is 1.61. The number of Topliss-reactive ketones (excluding diaryl/α,β-unsaturated/α-hetero) is 1. The number of anilines is 2. The van der Waals surface area contributed by atoms with Crippen LogP contribution in [0.2, 0.25) is 0 Å². The number of carbonyl (C=O) groups is 2. The van der Waals surface area contributed by atoms with Gasteiger partial charge in [-0.25, -0.2) is 0 Å². The summed E-state index contributed by atoms with van der Waals surface area (Å²) in [5, 5.41) is 6.49. The maximum Gasteiger partial charge on any atom is 0.239 e. The monoisotopic (exact) mass is 433 g/mol. The average Bonchev–Trinajstić information content (AvgIpc) is 2.88. The average molecular weight is 434 g/mol. The lowest BCUT2D eigenvalue weighted by molar-refractivity contribution is -0.121. The number of nitrogens with zero attached hydrogens (tertiary/aromatic N) is 1. The van der Waals surface area contributed by atoms with Crippen LogP contribution in [-0.2, 0) is 14.3 Å². The van der Waals surface area contributed by atoms with E-state index >= 15 is 0 Å². The van der Waals surface area contributed by atoms with Crippen molar-refractivity contribution in [3.63, 3.8) is 0 Å². The van der Waals surface area contributed by atoms with E-state index < -0.39 is 0 Å². The van der Waals surface area contributed by atoms with E-state index in [0.29, 0.717) is 19.6 Å². The molecule has 1 amide bonds. The molecule has 32 heavy (non-hydrogen) atoms. The summed E-state index contributed by atoms with van der Waals surface area (Å²) in [6, 6.07) is 17.6. The third-order valence-corrected chi connectivity index (χ3v) is 6.06. The fourth-order valence-electron chi connectivity index (χ4n) is 4.71. The van der Waals surface area contributed by atoms with Crippen LogP contribution in [0.1, 0.15) is 38.3 Å². The summed E-state index contributed by atoms with van der Waals surface area (Å²) in [5.41, 5.74) is 4.41. The van der Waals surface area contributed by atoms with Crippen molar-refractivity contribution in [3.8, 4) is 0 Å². The number of rotatable bonds is 6. The quantitative estimate of drug-likeness (QED) is 0.672. The van der Waals surface area contributed by atoms with Crippen LogP contribution in [0.3, 0.4) is 0 Å². The first-order valence-corrected chi connectivity index (χ1v) is 11.1. The van der Waals surface area contributed by atoms with E-state index in [2.05, 4.69) is 29.4 Å². The number of hydrogen-bond acceptors (Lipinski definition) is 5. The Kier molecular flexibility index (Phi) is 6.33. The minimum Gasteiger partial charge on any atom is -0.383 e. The molecule has 0 saturated heterocycles. The maximum atomic E-state index is 13.5. The first-order chi connectivity index (χ1) is 15.4. The van der Waals surface area contributed by atoms with Crippen LogP contribution in [0.4, 0.5) is 11.4 Å². The summed E-state index contributed by atoms with van der Waals surface area (Å²) < 4.78 is 5.06. The molecule has 0 radical (unpaired) electrons. The first-order valence-electron chi connectivity index (χ1n) is 11.1. The molecule has 0 aromatic heterocycles. The molecule has 6 nitrogen and oxygen atoms in total. The molecule has 0 fully saturated rings. The van der Waals surface area contributed by atoms with Gasteiger partial charge in [0.15, 0.2) is 5.78 Å². The number of methoxy groups -OCH3 is 1. The predicted molar refractivity (Wildman–Crippen MR) is 127 cm³/mol. The van der Waals surface area contributed by atoms with Crippen molar-refractivity contribution < 1.29 is 14.3 Å². The van der Waals surface area contributed by atoms with E-state index in [1.165, 1.54) is 0 Å². The Morgan fingerprint density at radius 1 is 1.12 bits per heavy atom. The number of hydrogen-bond donors (Lipinski definition) is 2. The first kappa shape index (κ1) is 22.1. The van der Waals surface area contributed by atoms with Gasteiger partial charge in [0.05, 0.1) is 30.6 Å². The molecule has 0 spiro atoms. The molecule has 168 valence electrons. The van der Waals surface area contributed by atoms with Gasteiger partial charge in [-0.2, -0.15) is 0 Å². The second kappa shape index (κ2) is 9.17. The molecule has 0 unspecified atom stereocenters. The Labute approximate surface area is 189 Å². The largest absolute Gasteiger partial charge is 0.383 e. The summed E-state index contributed by atoms with van der Waals surface area (Å²) in [6.45, 7) is 5.29. The molecular weight excluding hydrogens is 402 g/mol. The van der Waals surface area contributed by atoms with Gasteiger partial charge in [0.25, 0.3) is 0 Å². The Morgan fingerprint density at radius 3 is 2.59 bits per heavy atom. The summed E-state index contributed by atoms with van der Waals surface area (Å²) in [5.74, 6) is 0.0284. The van der Waals surface area contributed by atoms with Gasteiger partial charge in [0, 0.05) is 31.3 Å². The van der Waals surface area contributed by atoms with Gasteiger partial charge in [-0.15, -0.1) is 0 Å². The number of fused-ring (bicyclic) bond motifs is 1. The fourth-order valence-corrected chi connectivity index (χ4v) is 4.71. The van der Waals surface area contributed by atoms with Crippen molar-refractivity contribution in [2.75, 3.05) is 37.0 Å². The predicted octanol–water partition coefficient (Wildman–Crippen LogP) is 4.07. The van der Waals surface area contributed by atoms with Crippen molar-refractivity contribution in [2.24, 2.45) is 5.41 Å². The minimum absolute atomic E-state index is 0.106. The van der Waals surface area contributed by atoms with Crippen LogP contribution in [-0.4, -0.2) is 38.5 Å². The number of carbonyl (C=O) groups excluding carboxylic acids is 2. The number of nitrogens with one attached hydrogen (secondary N) is 2. The van der Waals surface area contributed by atoms with E-state index in [1.807, 2.05) is 54.6 Å². The van der Waals surface area contributed by atoms with Crippen molar-refractivity contribution in [2.45, 2.75) is 32.7 Å². The molecule has 0 bridgehead atoms. The molecular formula is C26H31N3O3. The summed E-state index contributed by atoms with van der Waals surface area (Å²) >= 11 is 0. The van der Waals surface area contributed by atoms with Gasteiger partial charge in [-0.1, -0.05) is 56.3 Å². The van der Waals surface area contributed by atoms with Crippen molar-refractivity contribution in [1.82, 2.24) is 5.32 Å². The highest BCUT2D eigenvalue weighted by molar-refractivity contribution is 6.01. The summed E-state index contributed by atoms with van der Waals surface area (Å²) in [4.78, 5) is 28.5. The standard InChI is InChI=1S/C26H31N3O3/c1-26(2)15-20-24(22(30)16-26)25(18-9-5-4-6-10-18)29(17-23(31)27-13-14-32-3)21-12-8-7-11-19(21)28-20/h4-12,25,28H,13-17H2,1-3H3,(H,27,31)/t25-/m1/s1. The molecule has 1 aliphatic heterocycles. The Hall–Kier alpha value is -3.12. The van der Waals surface area contributed by atoms with Gasteiger partial charge in [0.1, 0.15) is 0 Å². The smallest absolute Gasteiger partial charge is 0.239 e. The molecule has 1 aliphatic carbocycles. The van der Waals surface area contributed by atoms with E-state index in [9.17, 15) is 9.59 Å². The zero-order valence-electron chi connectivity index (χ0n) is 19.0. The van der Waals surface area contributed by atoms with E-state index in [-0.39, 0.29) is 29.7 Å². The van der Waals surface area contributed by atoms with Gasteiger partial charge in [-0.05, 0) is 29.5 Å². The number of benzene rings is 2. The third kappa shape index (κ3) is 4.55. The highest BCUT2D eigenvalue weighted by atomic mass is 16.5. The number of ether oxygens (including phenoxy) is 1. The van der Waals surface area contributed by atoms with Crippen molar-refractivity contribution in [1.29, 1.82) is 0 Å². The van der Waals surface area contributed by atoms with E-state index in [4.69, 9.17) is 4.74 Å². The maximum absolute atomic E-state index is 13.5. The molecule has 6 heteroatoms. The molecule has 1 heterocycles. The molecule has 0 saturated carbocycles. The molecule has 2 N–H and O–H groups in total. The fraction of sp³-hybridized carbons (Fsp3) is 0.385. The van der Waals surface area contributed by atoms with Gasteiger partial charge in [-0.3, -0.25) is 9.59 Å². The van der Waals surface area contributed by atoms with E-state index in [1.54, 1.807) is 7.11 Å². The van der Waals surface area contributed by atoms with Gasteiger partial charge < -0.3 is 20.3 Å². The molecule has 2 aliphatic rings. The Morgan fingerprint density at radius 2 is 1.84 bits per heavy atom. The number of allylic oxidation sites excluding steroid dienone is 1. The number of amides is 1. The van der Waals surface area contributed by atoms with Crippen molar-refractivity contribution in [3.05, 3.63) is 71.4 Å². The van der Waals surface area contributed by atoms with Gasteiger partial charge in [0.2, 0.25) is 5.91 Å². The van der Waals surface area contributed by atoms with E-state index in [0.717, 1.165) is 34.6 Å². The third-order valence-electron chi connectivity index (χ3n) is 6.06. The van der Waals surface area contributed by atoms with Gasteiger partial charge >= 0.3 is 0 Å². The molecule has 1 atom stereocenters. The molecule has 2 aromatic rings. The highest BCUT2D eigenvalue weighted by Gasteiger charge is 2.41. The van der Waals surface area contributed by atoms with Crippen LogP contribution in [0.5, 0.6) is 0 Å². The lowest BCUT2D eigenvalue weighted by Gasteiger charge is -2.37. The summed E-state index contributed by atoms with van der Waals surface area (Å²) in [6.07, 6.45) is 1.26. The van der Waals surface area contributed by atoms with Crippen molar-refractivity contribution >= 4 is 23.1 Å². The Bertz CT molecular complexity index is 1030. The second-order valence-electron chi connectivity index (χ2n) is 9.26. The zero-order chi connectivity index (χ0) is 22.7. The zero-order valence-corrected chi connectivity index (χ0v) is 19.0. The minimum atomic E-state index is -0.348. The topological polar surface area (TPSA) is 70.7 Å². The molecule has 2 aromatic carbocycles. The molecule has 4 rings (SSSR count). The second-order valence-corrected chi connectivity index (χ2v) is 9.26. The number of ketones is 1. The van der Waals surface area contributed by atoms with Crippen LogP contribution in [0.25, 0.3) is 0 Å². The lowest BCUT2D eigenvalue weighted by atomic mass is 9.73. The highest BCUT2D eigenvalue weighted by Crippen LogP contribution is 2.48.